The lowest BCUT2D eigenvalue weighted by atomic mass is 10.2. The third kappa shape index (κ3) is 2.79. The quantitative estimate of drug-likeness (QED) is 0.748. The summed E-state index contributed by atoms with van der Waals surface area (Å²) in [6, 6.07) is 15.8. The number of nitrogen functional groups attached to an aromatic ring is 1. The maximum Gasteiger partial charge on any atom is 0.150 e. The van der Waals surface area contributed by atoms with Crippen LogP contribution in [0.2, 0.25) is 0 Å². The second-order valence-electron chi connectivity index (χ2n) is 5.22. The van der Waals surface area contributed by atoms with Crippen LogP contribution in [0.15, 0.2) is 48.5 Å². The van der Waals surface area contributed by atoms with Crippen molar-refractivity contribution in [2.75, 3.05) is 17.7 Å². The molecule has 21 heavy (non-hydrogen) atoms. The molecule has 0 fully saturated rings. The zero-order valence-electron chi connectivity index (χ0n) is 12.2. The summed E-state index contributed by atoms with van der Waals surface area (Å²) in [7, 11) is 2.02. The molecule has 0 saturated heterocycles. The minimum atomic E-state index is 0.749. The van der Waals surface area contributed by atoms with Gasteiger partial charge in [-0.15, -0.1) is 0 Å². The number of rotatable bonds is 3. The fraction of sp³-hybridized carbons (Fsp3) is 0.176. The molecule has 4 heteroatoms. The summed E-state index contributed by atoms with van der Waals surface area (Å²) in [4.78, 5) is 11.5. The predicted molar refractivity (Wildman–Crippen MR) is 87.2 cm³/mol. The van der Waals surface area contributed by atoms with Gasteiger partial charge in [0.2, 0.25) is 0 Å². The molecule has 0 aliphatic heterocycles. The van der Waals surface area contributed by atoms with Crippen molar-refractivity contribution in [1.29, 1.82) is 0 Å². The second-order valence-corrected chi connectivity index (χ2v) is 5.22. The van der Waals surface area contributed by atoms with Crippen molar-refractivity contribution in [3.8, 4) is 0 Å². The number of hydrogen-bond donors (Lipinski definition) is 1. The van der Waals surface area contributed by atoms with Gasteiger partial charge in [0.15, 0.2) is 5.82 Å². The van der Waals surface area contributed by atoms with Gasteiger partial charge in [-0.2, -0.15) is 0 Å². The molecule has 0 unspecified atom stereocenters. The van der Waals surface area contributed by atoms with Gasteiger partial charge in [-0.3, -0.25) is 0 Å². The van der Waals surface area contributed by atoms with Crippen LogP contribution in [0.1, 0.15) is 11.3 Å². The molecule has 2 aromatic carbocycles. The number of nitrogens with two attached hydrogens (primary N) is 1. The molecule has 0 amide bonds. The van der Waals surface area contributed by atoms with Gasteiger partial charge < -0.3 is 10.6 Å². The van der Waals surface area contributed by atoms with E-state index in [1.54, 1.807) is 0 Å². The Balaban J connectivity index is 1.93. The summed E-state index contributed by atoms with van der Waals surface area (Å²) in [5, 5.41) is 0. The summed E-state index contributed by atoms with van der Waals surface area (Å²) in [5.74, 6) is 0.899. The van der Waals surface area contributed by atoms with Crippen LogP contribution < -0.4 is 10.6 Å². The van der Waals surface area contributed by atoms with Gasteiger partial charge in [-0.1, -0.05) is 24.3 Å². The first-order chi connectivity index (χ1) is 10.1. The Hall–Kier alpha value is -2.62. The molecule has 0 aliphatic rings. The molecule has 3 rings (SSSR count). The van der Waals surface area contributed by atoms with Gasteiger partial charge in [-0.25, -0.2) is 9.97 Å². The van der Waals surface area contributed by atoms with E-state index in [4.69, 9.17) is 10.7 Å². The maximum atomic E-state index is 5.83. The Morgan fingerprint density at radius 3 is 2.43 bits per heavy atom. The first-order valence-corrected chi connectivity index (χ1v) is 6.92. The van der Waals surface area contributed by atoms with E-state index in [1.165, 1.54) is 0 Å². The summed E-state index contributed by atoms with van der Waals surface area (Å²) in [6.45, 7) is 2.74. The highest BCUT2D eigenvalue weighted by Crippen LogP contribution is 2.20. The standard InChI is InChI=1S/C17H18N4/c1-12-17(20-16-9-4-3-8-15(16)19-12)21(2)11-13-6-5-7-14(18)10-13/h3-10H,11,18H2,1-2H3. The molecule has 106 valence electrons. The van der Waals surface area contributed by atoms with Gasteiger partial charge in [0.05, 0.1) is 16.7 Å². The van der Waals surface area contributed by atoms with Crippen molar-refractivity contribution in [2.24, 2.45) is 0 Å². The zero-order valence-corrected chi connectivity index (χ0v) is 12.2. The molecule has 0 spiro atoms. The van der Waals surface area contributed by atoms with E-state index in [9.17, 15) is 0 Å². The van der Waals surface area contributed by atoms with Crippen LogP contribution in [-0.4, -0.2) is 17.0 Å². The van der Waals surface area contributed by atoms with E-state index in [1.807, 2.05) is 56.4 Å². The molecule has 1 aromatic heterocycles. The number of benzene rings is 2. The average Bonchev–Trinajstić information content (AvgIpc) is 2.46. The van der Waals surface area contributed by atoms with Gasteiger partial charge in [-0.05, 0) is 36.8 Å². The number of hydrogen-bond acceptors (Lipinski definition) is 4. The molecule has 2 N–H and O–H groups in total. The van der Waals surface area contributed by atoms with Crippen molar-refractivity contribution in [1.82, 2.24) is 9.97 Å². The summed E-state index contributed by atoms with van der Waals surface area (Å²) in [6.07, 6.45) is 0. The number of nitrogens with zero attached hydrogens (tertiary/aromatic N) is 3. The van der Waals surface area contributed by atoms with E-state index in [-0.39, 0.29) is 0 Å². The number of anilines is 2. The molecule has 0 bridgehead atoms. The lowest BCUT2D eigenvalue weighted by Gasteiger charge is -2.20. The lowest BCUT2D eigenvalue weighted by Crippen LogP contribution is -2.19. The van der Waals surface area contributed by atoms with E-state index >= 15 is 0 Å². The topological polar surface area (TPSA) is 55.0 Å². The first kappa shape index (κ1) is 13.4. The van der Waals surface area contributed by atoms with E-state index in [0.717, 1.165) is 40.3 Å². The normalized spacial score (nSPS) is 10.8. The van der Waals surface area contributed by atoms with E-state index in [0.29, 0.717) is 0 Å². The van der Waals surface area contributed by atoms with Crippen LogP contribution in [0, 0.1) is 6.92 Å². The minimum Gasteiger partial charge on any atom is -0.399 e. The summed E-state index contributed by atoms with van der Waals surface area (Å²) < 4.78 is 0. The molecule has 3 aromatic rings. The number of aromatic nitrogens is 2. The highest BCUT2D eigenvalue weighted by atomic mass is 15.2. The number of fused-ring (bicyclic) bond motifs is 1. The molecular formula is C17H18N4. The van der Waals surface area contributed by atoms with Crippen molar-refractivity contribution in [2.45, 2.75) is 13.5 Å². The first-order valence-electron chi connectivity index (χ1n) is 6.92. The highest BCUT2D eigenvalue weighted by Gasteiger charge is 2.10. The van der Waals surface area contributed by atoms with Crippen LogP contribution >= 0.6 is 0 Å². The van der Waals surface area contributed by atoms with Gasteiger partial charge in [0, 0.05) is 19.3 Å². The van der Waals surface area contributed by atoms with Crippen LogP contribution in [0.4, 0.5) is 11.5 Å². The Bertz CT molecular complexity index is 783. The van der Waals surface area contributed by atoms with Crippen molar-refractivity contribution in [3.05, 3.63) is 59.8 Å². The second kappa shape index (κ2) is 5.40. The molecule has 0 radical (unpaired) electrons. The monoisotopic (exact) mass is 278 g/mol. The smallest absolute Gasteiger partial charge is 0.150 e. The Labute approximate surface area is 124 Å². The van der Waals surface area contributed by atoms with E-state index in [2.05, 4.69) is 16.0 Å². The number of aryl methyl sites for hydroxylation is 1. The van der Waals surface area contributed by atoms with Crippen LogP contribution in [0.5, 0.6) is 0 Å². The zero-order chi connectivity index (χ0) is 14.8. The van der Waals surface area contributed by atoms with Crippen molar-refractivity contribution >= 4 is 22.5 Å². The highest BCUT2D eigenvalue weighted by molar-refractivity contribution is 5.76. The largest absolute Gasteiger partial charge is 0.399 e. The maximum absolute atomic E-state index is 5.83. The fourth-order valence-electron chi connectivity index (χ4n) is 2.48. The third-order valence-corrected chi connectivity index (χ3v) is 3.45. The average molecular weight is 278 g/mol. The SMILES string of the molecule is Cc1nc2ccccc2nc1N(C)Cc1cccc(N)c1. The third-order valence-electron chi connectivity index (χ3n) is 3.45. The van der Waals surface area contributed by atoms with Gasteiger partial charge in [0.25, 0.3) is 0 Å². The van der Waals surface area contributed by atoms with Gasteiger partial charge in [0.1, 0.15) is 0 Å². The molecule has 0 saturated carbocycles. The predicted octanol–water partition coefficient (Wildman–Crippen LogP) is 3.16. The molecule has 1 heterocycles. The molecule has 4 nitrogen and oxygen atoms in total. The Kier molecular flexibility index (Phi) is 3.44. The van der Waals surface area contributed by atoms with Crippen LogP contribution in [-0.2, 0) is 6.54 Å². The van der Waals surface area contributed by atoms with Crippen molar-refractivity contribution < 1.29 is 0 Å². The minimum absolute atomic E-state index is 0.749. The lowest BCUT2D eigenvalue weighted by molar-refractivity contribution is 0.887. The number of para-hydroxylation sites is 2. The summed E-state index contributed by atoms with van der Waals surface area (Å²) in [5.41, 5.74) is 10.5. The molecule has 0 atom stereocenters. The van der Waals surface area contributed by atoms with Crippen LogP contribution in [0.3, 0.4) is 0 Å². The van der Waals surface area contributed by atoms with E-state index < -0.39 is 0 Å². The van der Waals surface area contributed by atoms with Crippen LogP contribution in [0.25, 0.3) is 11.0 Å². The molecular weight excluding hydrogens is 260 g/mol. The van der Waals surface area contributed by atoms with Gasteiger partial charge >= 0.3 is 0 Å². The molecule has 0 aliphatic carbocycles. The summed E-state index contributed by atoms with van der Waals surface area (Å²) >= 11 is 0. The Morgan fingerprint density at radius 1 is 1.00 bits per heavy atom. The Morgan fingerprint density at radius 2 is 1.71 bits per heavy atom. The fourth-order valence-corrected chi connectivity index (χ4v) is 2.48. The van der Waals surface area contributed by atoms with Crippen molar-refractivity contribution in [3.63, 3.8) is 0 Å².